The van der Waals surface area contributed by atoms with Crippen LogP contribution in [0.15, 0.2) is 0 Å². The molecule has 1 N–H and O–H groups in total. The molecule has 7 nitrogen and oxygen atoms in total. The lowest BCUT2D eigenvalue weighted by molar-refractivity contribution is 0.0512. The number of carbonyl (C=O) groups is 1. The fourth-order valence-corrected chi connectivity index (χ4v) is 2.09. The van der Waals surface area contributed by atoms with Crippen molar-refractivity contribution in [1.82, 2.24) is 24.8 Å². The monoisotopic (exact) mass is 267 g/mol. The minimum absolute atomic E-state index is 0.0303. The Labute approximate surface area is 108 Å². The van der Waals surface area contributed by atoms with E-state index in [-0.39, 0.29) is 5.82 Å². The van der Waals surface area contributed by atoms with Gasteiger partial charge in [0.15, 0.2) is 5.82 Å². The van der Waals surface area contributed by atoms with Gasteiger partial charge < -0.3 is 4.74 Å². The highest BCUT2D eigenvalue weighted by Gasteiger charge is 2.18. The van der Waals surface area contributed by atoms with Crippen LogP contribution in [0.2, 0.25) is 0 Å². The minimum Gasteiger partial charge on any atom is -0.460 e. The van der Waals surface area contributed by atoms with Gasteiger partial charge in [-0.25, -0.2) is 9.78 Å². The van der Waals surface area contributed by atoms with E-state index in [4.69, 9.17) is 4.74 Å². The number of aromatic nitrogens is 5. The molecule has 0 amide bonds. The molecular weight excluding hydrogens is 254 g/mol. The Morgan fingerprint density at radius 3 is 3.00 bits per heavy atom. The zero-order valence-electron chi connectivity index (χ0n) is 10.1. The van der Waals surface area contributed by atoms with Gasteiger partial charge in [-0.15, -0.1) is 10.2 Å². The van der Waals surface area contributed by atoms with Crippen molar-refractivity contribution in [3.63, 3.8) is 0 Å². The summed E-state index contributed by atoms with van der Waals surface area (Å²) in [6.45, 7) is 4.09. The number of hydrogen-bond donors (Lipinski definition) is 1. The van der Waals surface area contributed by atoms with Gasteiger partial charge >= 0.3 is 5.97 Å². The molecule has 0 unspecified atom stereocenters. The molecule has 8 heteroatoms. The van der Waals surface area contributed by atoms with E-state index in [0.717, 1.165) is 23.4 Å². The summed E-state index contributed by atoms with van der Waals surface area (Å²) in [5.74, 6) is 0.00807. The molecule has 2 rings (SSSR count). The maximum Gasteiger partial charge on any atom is 0.378 e. The first-order chi connectivity index (χ1) is 8.76. The van der Waals surface area contributed by atoms with E-state index >= 15 is 0 Å². The van der Waals surface area contributed by atoms with Crippen LogP contribution in [0.5, 0.6) is 0 Å². The molecule has 0 aliphatic rings. The topological polar surface area (TPSA) is 93.7 Å². The average Bonchev–Trinajstić information content (AvgIpc) is 2.97. The Morgan fingerprint density at radius 1 is 1.44 bits per heavy atom. The predicted molar refractivity (Wildman–Crippen MR) is 65.2 cm³/mol. The van der Waals surface area contributed by atoms with Crippen LogP contribution in [-0.4, -0.2) is 37.3 Å². The molecule has 0 aliphatic carbocycles. The molecule has 2 heterocycles. The molecule has 0 bridgehead atoms. The van der Waals surface area contributed by atoms with Crippen molar-refractivity contribution in [3.8, 4) is 10.7 Å². The number of hydrogen-bond acceptors (Lipinski definition) is 7. The fourth-order valence-electron chi connectivity index (χ4n) is 1.44. The fraction of sp³-hybridized carbons (Fsp3) is 0.500. The third kappa shape index (κ3) is 2.53. The lowest BCUT2D eigenvalue weighted by atomic mass is 10.2. The summed E-state index contributed by atoms with van der Waals surface area (Å²) in [5.41, 5.74) is 0.869. The number of carbonyl (C=O) groups excluding carboxylic acids is 1. The van der Waals surface area contributed by atoms with Crippen molar-refractivity contribution in [3.05, 3.63) is 11.5 Å². The number of nitrogens with one attached hydrogen (secondary N) is 1. The second kappa shape index (κ2) is 5.67. The standard InChI is InChI=1S/C10H13N5O2S/c1-3-5-6-7(18-15-12-6)8-11-9(14-13-8)10(16)17-4-2/h3-5H2,1-2H3,(H,11,13,14). The van der Waals surface area contributed by atoms with Crippen LogP contribution in [0.25, 0.3) is 10.7 Å². The number of ether oxygens (including phenoxy) is 1. The van der Waals surface area contributed by atoms with Gasteiger partial charge in [0.2, 0.25) is 0 Å². The number of H-pyrrole nitrogens is 1. The van der Waals surface area contributed by atoms with Crippen molar-refractivity contribution < 1.29 is 9.53 Å². The number of esters is 1. The maximum absolute atomic E-state index is 11.4. The highest BCUT2D eigenvalue weighted by Crippen LogP contribution is 2.23. The van der Waals surface area contributed by atoms with E-state index in [2.05, 4.69) is 31.7 Å². The number of aryl methyl sites for hydroxylation is 1. The Kier molecular flexibility index (Phi) is 3.98. The molecule has 96 valence electrons. The van der Waals surface area contributed by atoms with Crippen molar-refractivity contribution in [2.45, 2.75) is 26.7 Å². The largest absolute Gasteiger partial charge is 0.460 e. The number of rotatable bonds is 5. The van der Waals surface area contributed by atoms with Gasteiger partial charge in [-0.3, -0.25) is 5.10 Å². The van der Waals surface area contributed by atoms with Crippen LogP contribution in [-0.2, 0) is 11.2 Å². The summed E-state index contributed by atoms with van der Waals surface area (Å²) in [6.07, 6.45) is 1.79. The normalized spacial score (nSPS) is 10.6. The molecule has 0 fully saturated rings. The van der Waals surface area contributed by atoms with Crippen LogP contribution in [0.1, 0.15) is 36.6 Å². The predicted octanol–water partition coefficient (Wildman–Crippen LogP) is 1.45. The molecule has 0 aliphatic heterocycles. The maximum atomic E-state index is 11.4. The van der Waals surface area contributed by atoms with E-state index in [0.29, 0.717) is 12.4 Å². The zero-order chi connectivity index (χ0) is 13.0. The van der Waals surface area contributed by atoms with Crippen LogP contribution in [0, 0.1) is 0 Å². The van der Waals surface area contributed by atoms with Crippen molar-refractivity contribution in [1.29, 1.82) is 0 Å². The average molecular weight is 267 g/mol. The molecule has 2 aromatic rings. The second-order valence-corrected chi connectivity index (χ2v) is 4.28. The van der Waals surface area contributed by atoms with Gasteiger partial charge in [-0.05, 0) is 24.9 Å². The van der Waals surface area contributed by atoms with E-state index < -0.39 is 5.97 Å². The second-order valence-electron chi connectivity index (χ2n) is 3.53. The number of nitrogens with zero attached hydrogens (tertiary/aromatic N) is 4. The molecule has 0 saturated carbocycles. The van der Waals surface area contributed by atoms with Crippen molar-refractivity contribution in [2.75, 3.05) is 6.61 Å². The van der Waals surface area contributed by atoms with Crippen LogP contribution in [0.3, 0.4) is 0 Å². The summed E-state index contributed by atoms with van der Waals surface area (Å²) in [5, 5.41) is 10.6. The highest BCUT2D eigenvalue weighted by molar-refractivity contribution is 7.09. The summed E-state index contributed by atoms with van der Waals surface area (Å²) in [6, 6.07) is 0. The number of aromatic amines is 1. The van der Waals surface area contributed by atoms with Gasteiger partial charge in [0, 0.05) is 0 Å². The minimum atomic E-state index is -0.533. The van der Waals surface area contributed by atoms with E-state index in [1.165, 1.54) is 11.5 Å². The first kappa shape index (κ1) is 12.6. The summed E-state index contributed by atoms with van der Waals surface area (Å²) in [7, 11) is 0. The Hall–Kier alpha value is -1.83. The Balaban J connectivity index is 2.23. The summed E-state index contributed by atoms with van der Waals surface area (Å²) in [4.78, 5) is 16.4. The SMILES string of the molecule is CCCc1nnsc1-c1nc(C(=O)OCC)n[nH]1. The molecule has 0 atom stereocenters. The van der Waals surface area contributed by atoms with Gasteiger partial charge in [0.25, 0.3) is 5.82 Å². The van der Waals surface area contributed by atoms with E-state index in [9.17, 15) is 4.79 Å². The molecule has 0 aromatic carbocycles. The lowest BCUT2D eigenvalue weighted by Gasteiger charge is -1.95. The Morgan fingerprint density at radius 2 is 2.28 bits per heavy atom. The quantitative estimate of drug-likeness (QED) is 0.824. The third-order valence-electron chi connectivity index (χ3n) is 2.20. The van der Waals surface area contributed by atoms with Crippen LogP contribution >= 0.6 is 11.5 Å². The van der Waals surface area contributed by atoms with E-state index in [1.54, 1.807) is 6.92 Å². The molecule has 18 heavy (non-hydrogen) atoms. The summed E-state index contributed by atoms with van der Waals surface area (Å²) >= 11 is 1.23. The highest BCUT2D eigenvalue weighted by atomic mass is 32.1. The van der Waals surface area contributed by atoms with Crippen molar-refractivity contribution >= 4 is 17.5 Å². The molecule has 2 aromatic heterocycles. The van der Waals surface area contributed by atoms with Gasteiger partial charge in [0.1, 0.15) is 4.88 Å². The molecule has 0 saturated heterocycles. The molecule has 0 radical (unpaired) electrons. The van der Waals surface area contributed by atoms with Gasteiger partial charge in [-0.2, -0.15) is 0 Å². The van der Waals surface area contributed by atoms with E-state index in [1.807, 2.05) is 0 Å². The summed E-state index contributed by atoms with van der Waals surface area (Å²) < 4.78 is 8.72. The lowest BCUT2D eigenvalue weighted by Crippen LogP contribution is -2.06. The third-order valence-corrected chi connectivity index (χ3v) is 2.98. The smallest absolute Gasteiger partial charge is 0.378 e. The first-order valence-corrected chi connectivity index (χ1v) is 6.44. The molecule has 0 spiro atoms. The van der Waals surface area contributed by atoms with Crippen molar-refractivity contribution in [2.24, 2.45) is 0 Å². The van der Waals surface area contributed by atoms with Crippen LogP contribution < -0.4 is 0 Å². The van der Waals surface area contributed by atoms with Gasteiger partial charge in [0.05, 0.1) is 12.3 Å². The Bertz CT molecular complexity index is 536. The first-order valence-electron chi connectivity index (χ1n) is 5.67. The van der Waals surface area contributed by atoms with Crippen LogP contribution in [0.4, 0.5) is 0 Å². The molecular formula is C10H13N5O2S. The zero-order valence-corrected chi connectivity index (χ0v) is 11.0. The van der Waals surface area contributed by atoms with Gasteiger partial charge in [-0.1, -0.05) is 17.8 Å².